The summed E-state index contributed by atoms with van der Waals surface area (Å²) in [7, 11) is 0. The van der Waals surface area contributed by atoms with Crippen molar-refractivity contribution in [1.82, 2.24) is 10.3 Å². The molecule has 3 aromatic rings. The normalized spacial score (nSPS) is 10.5. The van der Waals surface area contributed by atoms with Crippen LogP contribution in [0.5, 0.6) is 0 Å². The Morgan fingerprint density at radius 2 is 1.86 bits per heavy atom. The van der Waals surface area contributed by atoms with Crippen LogP contribution in [0.2, 0.25) is 0 Å². The highest BCUT2D eigenvalue weighted by molar-refractivity contribution is 7.98. The zero-order valence-corrected chi connectivity index (χ0v) is 17.2. The van der Waals surface area contributed by atoms with Crippen LogP contribution >= 0.6 is 11.8 Å². The third kappa shape index (κ3) is 6.93. The number of urea groups is 1. The fourth-order valence-corrected chi connectivity index (χ4v) is 3.57. The first kappa shape index (κ1) is 20.9. The van der Waals surface area contributed by atoms with E-state index in [4.69, 9.17) is 4.74 Å². The van der Waals surface area contributed by atoms with E-state index in [1.807, 2.05) is 73.7 Å². The molecule has 0 aliphatic rings. The molecule has 0 atom stereocenters. The SMILES string of the molecule is CCOCc1ccccc1CNC(=O)Nc1cccc(CSc2ccccn2)c1. The Labute approximate surface area is 175 Å². The van der Waals surface area contributed by atoms with Crippen LogP contribution in [0, 0.1) is 0 Å². The van der Waals surface area contributed by atoms with Gasteiger partial charge in [0.15, 0.2) is 0 Å². The average Bonchev–Trinajstić information content (AvgIpc) is 2.76. The summed E-state index contributed by atoms with van der Waals surface area (Å²) >= 11 is 1.67. The van der Waals surface area contributed by atoms with Gasteiger partial charge in [0.1, 0.15) is 0 Å². The number of ether oxygens (including phenoxy) is 1. The molecule has 0 bridgehead atoms. The van der Waals surface area contributed by atoms with E-state index in [0.29, 0.717) is 19.8 Å². The Morgan fingerprint density at radius 1 is 1.03 bits per heavy atom. The van der Waals surface area contributed by atoms with Crippen molar-refractivity contribution in [3.8, 4) is 0 Å². The van der Waals surface area contributed by atoms with E-state index in [9.17, 15) is 4.79 Å². The number of carbonyl (C=O) groups excluding carboxylic acids is 1. The number of hydrogen-bond donors (Lipinski definition) is 2. The van der Waals surface area contributed by atoms with Crippen molar-refractivity contribution in [2.45, 2.75) is 30.9 Å². The summed E-state index contributed by atoms with van der Waals surface area (Å²) in [5.74, 6) is 0.791. The van der Waals surface area contributed by atoms with Gasteiger partial charge in [0, 0.05) is 30.8 Å². The van der Waals surface area contributed by atoms with E-state index in [1.54, 1.807) is 18.0 Å². The Balaban J connectivity index is 1.52. The highest BCUT2D eigenvalue weighted by atomic mass is 32.2. The number of anilines is 1. The number of pyridine rings is 1. The van der Waals surface area contributed by atoms with E-state index in [2.05, 4.69) is 15.6 Å². The second-order valence-electron chi connectivity index (χ2n) is 6.37. The maximum atomic E-state index is 12.3. The van der Waals surface area contributed by atoms with Gasteiger partial charge < -0.3 is 15.4 Å². The van der Waals surface area contributed by atoms with Gasteiger partial charge in [-0.25, -0.2) is 9.78 Å². The highest BCUT2D eigenvalue weighted by Gasteiger charge is 2.06. The summed E-state index contributed by atoms with van der Waals surface area (Å²) in [4.78, 5) is 16.7. The lowest BCUT2D eigenvalue weighted by molar-refractivity contribution is 0.133. The van der Waals surface area contributed by atoms with Gasteiger partial charge in [-0.05, 0) is 47.9 Å². The molecular formula is C23H25N3O2S. The molecule has 29 heavy (non-hydrogen) atoms. The summed E-state index contributed by atoms with van der Waals surface area (Å²) in [6, 6.07) is 21.5. The first-order valence-corrected chi connectivity index (χ1v) is 10.6. The monoisotopic (exact) mass is 407 g/mol. The molecule has 0 fully saturated rings. The molecular weight excluding hydrogens is 382 g/mol. The van der Waals surface area contributed by atoms with E-state index >= 15 is 0 Å². The van der Waals surface area contributed by atoms with Gasteiger partial charge in [-0.15, -0.1) is 11.8 Å². The number of rotatable bonds is 9. The fraction of sp³-hybridized carbons (Fsp3) is 0.217. The Hall–Kier alpha value is -2.83. The molecule has 5 nitrogen and oxygen atoms in total. The van der Waals surface area contributed by atoms with Crippen LogP contribution in [0.25, 0.3) is 0 Å². The van der Waals surface area contributed by atoms with Gasteiger partial charge in [-0.3, -0.25) is 0 Å². The molecule has 3 rings (SSSR count). The maximum absolute atomic E-state index is 12.3. The minimum Gasteiger partial charge on any atom is -0.377 e. The smallest absolute Gasteiger partial charge is 0.319 e. The lowest BCUT2D eigenvalue weighted by Gasteiger charge is -2.12. The minimum absolute atomic E-state index is 0.231. The largest absolute Gasteiger partial charge is 0.377 e. The predicted octanol–water partition coefficient (Wildman–Crippen LogP) is 5.23. The number of carbonyl (C=O) groups is 1. The first-order valence-electron chi connectivity index (χ1n) is 9.56. The molecule has 0 radical (unpaired) electrons. The zero-order valence-electron chi connectivity index (χ0n) is 16.4. The lowest BCUT2D eigenvalue weighted by atomic mass is 10.1. The molecule has 0 saturated heterocycles. The molecule has 2 N–H and O–H groups in total. The van der Waals surface area contributed by atoms with Crippen LogP contribution < -0.4 is 10.6 Å². The molecule has 0 spiro atoms. The van der Waals surface area contributed by atoms with Gasteiger partial charge in [-0.2, -0.15) is 0 Å². The standard InChI is InChI=1S/C23H25N3O2S/c1-2-28-16-20-10-4-3-9-19(20)15-25-23(27)26-21-11-7-8-18(14-21)17-29-22-12-5-6-13-24-22/h3-14H,2,15-17H2,1H3,(H2,25,26,27). The number of nitrogens with one attached hydrogen (secondary N) is 2. The van der Waals surface area contributed by atoms with Gasteiger partial charge in [0.25, 0.3) is 0 Å². The van der Waals surface area contributed by atoms with Crippen LogP contribution in [0.4, 0.5) is 10.5 Å². The molecule has 0 aliphatic heterocycles. The number of amides is 2. The van der Waals surface area contributed by atoms with E-state index < -0.39 is 0 Å². The third-order valence-corrected chi connectivity index (χ3v) is 5.24. The van der Waals surface area contributed by atoms with Crippen molar-refractivity contribution in [1.29, 1.82) is 0 Å². The second-order valence-corrected chi connectivity index (χ2v) is 7.37. The second kappa shape index (κ2) is 11.2. The number of benzene rings is 2. The van der Waals surface area contributed by atoms with Crippen molar-refractivity contribution in [3.05, 3.63) is 89.6 Å². The number of thioether (sulfide) groups is 1. The lowest BCUT2D eigenvalue weighted by Crippen LogP contribution is -2.28. The van der Waals surface area contributed by atoms with Crippen molar-refractivity contribution < 1.29 is 9.53 Å². The summed E-state index contributed by atoms with van der Waals surface area (Å²) in [6.45, 7) is 3.63. The maximum Gasteiger partial charge on any atom is 0.319 e. The minimum atomic E-state index is -0.231. The molecule has 1 heterocycles. The van der Waals surface area contributed by atoms with Gasteiger partial charge in [0.05, 0.1) is 11.6 Å². The van der Waals surface area contributed by atoms with Crippen LogP contribution in [0.3, 0.4) is 0 Å². The van der Waals surface area contributed by atoms with Gasteiger partial charge >= 0.3 is 6.03 Å². The predicted molar refractivity (Wildman–Crippen MR) is 118 cm³/mol. The van der Waals surface area contributed by atoms with Crippen LogP contribution in [0.15, 0.2) is 78.0 Å². The summed E-state index contributed by atoms with van der Waals surface area (Å²) in [5.41, 5.74) is 4.03. The summed E-state index contributed by atoms with van der Waals surface area (Å²) in [5, 5.41) is 6.81. The quantitative estimate of drug-likeness (QED) is 0.477. The highest BCUT2D eigenvalue weighted by Crippen LogP contribution is 2.22. The summed E-state index contributed by atoms with van der Waals surface area (Å²) in [6.07, 6.45) is 1.79. The molecule has 0 aliphatic carbocycles. The van der Waals surface area contributed by atoms with E-state index in [-0.39, 0.29) is 6.03 Å². The zero-order chi connectivity index (χ0) is 20.3. The van der Waals surface area contributed by atoms with Crippen molar-refractivity contribution >= 4 is 23.5 Å². The van der Waals surface area contributed by atoms with Gasteiger partial charge in [0.2, 0.25) is 0 Å². The van der Waals surface area contributed by atoms with Crippen LogP contribution in [-0.2, 0) is 23.6 Å². The molecule has 6 heteroatoms. The van der Waals surface area contributed by atoms with E-state index in [0.717, 1.165) is 33.2 Å². The fourth-order valence-electron chi connectivity index (χ4n) is 2.76. The van der Waals surface area contributed by atoms with E-state index in [1.165, 1.54) is 0 Å². The van der Waals surface area contributed by atoms with Gasteiger partial charge in [-0.1, -0.05) is 42.5 Å². The van der Waals surface area contributed by atoms with Crippen LogP contribution in [0.1, 0.15) is 23.6 Å². The Morgan fingerprint density at radius 3 is 2.66 bits per heavy atom. The third-order valence-electron chi connectivity index (χ3n) is 4.23. The first-order chi connectivity index (χ1) is 14.2. The molecule has 0 unspecified atom stereocenters. The molecule has 2 aromatic carbocycles. The molecule has 1 aromatic heterocycles. The Bertz CT molecular complexity index is 919. The Kier molecular flexibility index (Phi) is 8.10. The molecule has 2 amide bonds. The number of nitrogens with zero attached hydrogens (tertiary/aromatic N) is 1. The number of aromatic nitrogens is 1. The van der Waals surface area contributed by atoms with Crippen molar-refractivity contribution in [3.63, 3.8) is 0 Å². The molecule has 0 saturated carbocycles. The van der Waals surface area contributed by atoms with Crippen molar-refractivity contribution in [2.75, 3.05) is 11.9 Å². The van der Waals surface area contributed by atoms with Crippen LogP contribution in [-0.4, -0.2) is 17.6 Å². The summed E-state index contributed by atoms with van der Waals surface area (Å²) < 4.78 is 5.50. The topological polar surface area (TPSA) is 63.2 Å². The van der Waals surface area contributed by atoms with Crippen molar-refractivity contribution in [2.24, 2.45) is 0 Å². The molecule has 150 valence electrons. The average molecular weight is 408 g/mol. The number of hydrogen-bond acceptors (Lipinski definition) is 4.